The van der Waals surface area contributed by atoms with Crippen LogP contribution in [0.1, 0.15) is 19.4 Å². The van der Waals surface area contributed by atoms with Crippen molar-refractivity contribution in [3.05, 3.63) is 101 Å². The molecule has 1 amide bonds. The summed E-state index contributed by atoms with van der Waals surface area (Å²) < 4.78 is 38.8. The Morgan fingerprint density at radius 2 is 1.81 bits per heavy atom. The molecule has 0 saturated heterocycles. The van der Waals surface area contributed by atoms with Gasteiger partial charge in [-0.1, -0.05) is 35.4 Å². The molecule has 0 fully saturated rings. The van der Waals surface area contributed by atoms with Crippen molar-refractivity contribution < 1.29 is 27.6 Å². The summed E-state index contributed by atoms with van der Waals surface area (Å²) in [4.78, 5) is 21.0. The van der Waals surface area contributed by atoms with E-state index in [9.17, 15) is 18.3 Å². The van der Waals surface area contributed by atoms with Crippen LogP contribution in [0.3, 0.4) is 0 Å². The van der Waals surface area contributed by atoms with Gasteiger partial charge in [0.25, 0.3) is 10.1 Å². The molecule has 0 aliphatic rings. The van der Waals surface area contributed by atoms with Gasteiger partial charge in [-0.2, -0.15) is 8.42 Å². The van der Waals surface area contributed by atoms with E-state index in [-0.39, 0.29) is 17.4 Å². The zero-order valence-electron chi connectivity index (χ0n) is 26.3. The second kappa shape index (κ2) is 14.7. The number of carbonyl (C=O) groups is 1. The number of benzene rings is 3. The lowest BCUT2D eigenvalue weighted by Gasteiger charge is -2.20. The molecule has 0 aliphatic carbocycles. The molecule has 3 heterocycles. The number of aliphatic hydroxyl groups excluding tert-OH is 1. The van der Waals surface area contributed by atoms with Gasteiger partial charge in [0.2, 0.25) is 5.91 Å². The summed E-state index contributed by atoms with van der Waals surface area (Å²) in [6, 6.07) is 21.4. The summed E-state index contributed by atoms with van der Waals surface area (Å²) in [5, 5.41) is 19.2. The van der Waals surface area contributed by atoms with E-state index in [4.69, 9.17) is 20.9 Å². The minimum atomic E-state index is -4.02. The highest BCUT2D eigenvalue weighted by Gasteiger charge is 2.26. The first kappa shape index (κ1) is 34.8. The smallest absolute Gasteiger partial charge is 0.294 e. The van der Waals surface area contributed by atoms with E-state index < -0.39 is 15.5 Å². The maximum Gasteiger partial charge on any atom is 0.294 e. The van der Waals surface area contributed by atoms with E-state index in [1.807, 2.05) is 59.5 Å². The molecule has 0 bridgehead atoms. The Bertz CT molecular complexity index is 2160. The number of aromatic nitrogens is 3. The molecule has 11 nitrogen and oxygen atoms in total. The van der Waals surface area contributed by atoms with Crippen LogP contribution in [0.4, 0.5) is 11.5 Å². The van der Waals surface area contributed by atoms with Gasteiger partial charge in [-0.05, 0) is 80.7 Å². The van der Waals surface area contributed by atoms with Gasteiger partial charge in [0.05, 0.1) is 27.5 Å². The highest BCUT2D eigenvalue weighted by atomic mass is 35.5. The van der Waals surface area contributed by atoms with Crippen LogP contribution in [-0.4, -0.2) is 51.7 Å². The van der Waals surface area contributed by atoms with Crippen LogP contribution in [0, 0.1) is 12.3 Å². The summed E-state index contributed by atoms with van der Waals surface area (Å²) in [7, 11) is -4.02. The molecular formula is C34H34ClN5O6S2. The third kappa shape index (κ3) is 8.30. The molecular weight excluding hydrogens is 674 g/mol. The Kier molecular flexibility index (Phi) is 10.7. The van der Waals surface area contributed by atoms with Crippen LogP contribution in [-0.2, 0) is 21.5 Å². The van der Waals surface area contributed by atoms with Gasteiger partial charge in [-0.15, -0.1) is 11.3 Å². The van der Waals surface area contributed by atoms with Gasteiger partial charge in [0.1, 0.15) is 23.3 Å². The largest absolute Gasteiger partial charge is 0.455 e. The number of thiophene rings is 1. The molecule has 14 heteroatoms. The Labute approximate surface area is 286 Å². The molecule has 0 unspecified atom stereocenters. The third-order valence-corrected chi connectivity index (χ3v) is 9.43. The number of fused-ring (bicyclic) bond motifs is 2. The molecule has 6 aromatic rings. The van der Waals surface area contributed by atoms with E-state index in [1.165, 1.54) is 18.5 Å². The Balaban J connectivity index is 0.000000349. The van der Waals surface area contributed by atoms with Gasteiger partial charge in [-0.3, -0.25) is 9.35 Å². The molecule has 4 N–H and O–H groups in total. The average Bonchev–Trinajstić information content (AvgIpc) is 3.71. The second-order valence-electron chi connectivity index (χ2n) is 11.5. The van der Waals surface area contributed by atoms with Crippen LogP contribution in [0.2, 0.25) is 5.02 Å². The second-order valence-corrected chi connectivity index (χ2v) is 14.3. The van der Waals surface area contributed by atoms with Crippen LogP contribution in [0.5, 0.6) is 11.5 Å². The van der Waals surface area contributed by atoms with Crippen molar-refractivity contribution in [3.8, 4) is 11.5 Å². The topological polar surface area (TPSA) is 156 Å². The number of carbonyl (C=O) groups excluding carboxylic acids is 1. The Hall–Kier alpha value is -4.53. The minimum absolute atomic E-state index is 0.0666. The van der Waals surface area contributed by atoms with Crippen molar-refractivity contribution in [2.75, 3.05) is 18.5 Å². The van der Waals surface area contributed by atoms with Crippen LogP contribution >= 0.6 is 22.9 Å². The normalized spacial score (nSPS) is 11.6. The van der Waals surface area contributed by atoms with Crippen LogP contribution in [0.25, 0.3) is 21.1 Å². The number of hydrogen-bond acceptors (Lipinski definition) is 9. The lowest BCUT2D eigenvalue weighted by atomic mass is 9.94. The fraction of sp³-hybridized carbons (Fsp3) is 0.206. The summed E-state index contributed by atoms with van der Waals surface area (Å²) in [5.41, 5.74) is 2.45. The molecule has 0 saturated carbocycles. The number of nitrogens with one attached hydrogen (secondary N) is 2. The zero-order valence-corrected chi connectivity index (χ0v) is 28.7. The number of ether oxygens (including phenoxy) is 1. The van der Waals surface area contributed by atoms with E-state index in [0.717, 1.165) is 38.1 Å². The van der Waals surface area contributed by atoms with Crippen molar-refractivity contribution in [2.24, 2.45) is 5.41 Å². The molecule has 0 radical (unpaired) electrons. The summed E-state index contributed by atoms with van der Waals surface area (Å²) in [6.45, 7) is 5.94. The summed E-state index contributed by atoms with van der Waals surface area (Å²) in [5.74, 6) is 1.73. The summed E-state index contributed by atoms with van der Waals surface area (Å²) in [6.07, 6.45) is 3.41. The minimum Gasteiger partial charge on any atom is -0.455 e. The molecule has 48 heavy (non-hydrogen) atoms. The molecule has 0 spiro atoms. The number of halogens is 1. The van der Waals surface area contributed by atoms with E-state index >= 15 is 0 Å². The van der Waals surface area contributed by atoms with Gasteiger partial charge < -0.3 is 25.0 Å². The van der Waals surface area contributed by atoms with Gasteiger partial charge in [0.15, 0.2) is 5.82 Å². The van der Waals surface area contributed by atoms with Gasteiger partial charge in [0, 0.05) is 35.1 Å². The highest BCUT2D eigenvalue weighted by molar-refractivity contribution is 7.85. The Morgan fingerprint density at radius 1 is 1.04 bits per heavy atom. The number of nitrogens with zero attached hydrogens (tertiary/aromatic N) is 3. The predicted molar refractivity (Wildman–Crippen MR) is 189 cm³/mol. The average molecular weight is 708 g/mol. The molecule has 6 rings (SSSR count). The lowest BCUT2D eigenvalue weighted by molar-refractivity contribution is -0.131. The first-order valence-corrected chi connectivity index (χ1v) is 17.5. The maximum atomic E-state index is 12.3. The number of aryl methyl sites for hydroxylation is 1. The van der Waals surface area contributed by atoms with E-state index in [0.29, 0.717) is 29.7 Å². The monoisotopic (exact) mass is 707 g/mol. The van der Waals surface area contributed by atoms with E-state index in [1.54, 1.807) is 43.4 Å². The highest BCUT2D eigenvalue weighted by Crippen LogP contribution is 2.37. The van der Waals surface area contributed by atoms with E-state index in [2.05, 4.69) is 26.7 Å². The molecule has 3 aromatic heterocycles. The third-order valence-electron chi connectivity index (χ3n) is 7.39. The standard InChI is InChI=1S/C27H26ClN5O3S.C7H8O3S/c1-27(2,15-34)26(35)29-10-12-33-11-8-20-24(33)25(31-16-30-20)32-17-6-7-22(19(28)14-17)36-21-4-3-5-23-18(21)9-13-37-23;1-6-2-4-7(5-3-6)11(8,9)10/h3-9,11,13-14,16,34H,10,12,15H2,1-2H3,(H,29,35)(H,30,31,32);2-5H,1H3,(H,8,9,10). The number of rotatable bonds is 10. The van der Waals surface area contributed by atoms with Crippen molar-refractivity contribution >= 4 is 71.6 Å². The number of aliphatic hydroxyl groups is 1. The van der Waals surface area contributed by atoms with Crippen LogP contribution < -0.4 is 15.4 Å². The molecule has 3 aromatic carbocycles. The quantitative estimate of drug-likeness (QED) is 0.108. The van der Waals surface area contributed by atoms with Crippen molar-refractivity contribution in [3.63, 3.8) is 0 Å². The summed E-state index contributed by atoms with van der Waals surface area (Å²) >= 11 is 8.25. The molecule has 250 valence electrons. The van der Waals surface area contributed by atoms with Gasteiger partial charge in [-0.25, -0.2) is 9.97 Å². The van der Waals surface area contributed by atoms with Crippen molar-refractivity contribution in [2.45, 2.75) is 32.2 Å². The molecule has 0 aliphatic heterocycles. The fourth-order valence-electron chi connectivity index (χ4n) is 4.59. The predicted octanol–water partition coefficient (Wildman–Crippen LogP) is 7.21. The van der Waals surface area contributed by atoms with Crippen LogP contribution in [0.15, 0.2) is 95.6 Å². The van der Waals surface area contributed by atoms with Crippen molar-refractivity contribution in [1.29, 1.82) is 0 Å². The molecule has 0 atom stereocenters. The van der Waals surface area contributed by atoms with Gasteiger partial charge >= 0.3 is 0 Å². The Morgan fingerprint density at radius 3 is 2.52 bits per heavy atom. The maximum absolute atomic E-state index is 12.3. The zero-order chi connectivity index (χ0) is 34.5. The fourth-order valence-corrected chi connectivity index (χ4v) is 6.10. The number of anilines is 2. The first-order chi connectivity index (χ1) is 22.9. The number of amides is 1. The SMILES string of the molecule is CC(C)(CO)C(=O)NCCn1ccc2ncnc(Nc3ccc(Oc4cccc5sccc45)c(Cl)c3)c21.Cc1ccc(S(=O)(=O)O)cc1. The lowest BCUT2D eigenvalue weighted by Crippen LogP contribution is -2.40. The first-order valence-electron chi connectivity index (χ1n) is 14.8. The van der Waals surface area contributed by atoms with Crippen molar-refractivity contribution in [1.82, 2.24) is 19.9 Å². The number of hydrogen-bond donors (Lipinski definition) is 4.